The second-order valence-electron chi connectivity index (χ2n) is 4.37. The number of nitrogens with one attached hydrogen (secondary N) is 1. The van der Waals surface area contributed by atoms with Gasteiger partial charge >= 0.3 is 0 Å². The quantitative estimate of drug-likeness (QED) is 0.782. The summed E-state index contributed by atoms with van der Waals surface area (Å²) in [5, 5.41) is 12.3. The van der Waals surface area contributed by atoms with Crippen molar-refractivity contribution in [1.29, 1.82) is 5.26 Å². The monoisotopic (exact) mass is 231 g/mol. The first kappa shape index (κ1) is 11.7. The fourth-order valence-electron chi connectivity index (χ4n) is 2.33. The summed E-state index contributed by atoms with van der Waals surface area (Å²) in [5.74, 6) is 0. The Kier molecular flexibility index (Phi) is 3.50. The average molecular weight is 231 g/mol. The molecule has 2 unspecified atom stereocenters. The van der Waals surface area contributed by atoms with Gasteiger partial charge in [0.05, 0.1) is 17.7 Å². The number of nitrogen functional groups attached to an aromatic ring is 1. The van der Waals surface area contributed by atoms with Gasteiger partial charge in [0, 0.05) is 18.5 Å². The van der Waals surface area contributed by atoms with Gasteiger partial charge in [-0.05, 0) is 37.5 Å². The topological polar surface area (TPSA) is 71.1 Å². The summed E-state index contributed by atoms with van der Waals surface area (Å²) in [6.45, 7) is 0. The van der Waals surface area contributed by atoms with Crippen molar-refractivity contribution in [2.75, 3.05) is 18.2 Å². The van der Waals surface area contributed by atoms with Crippen molar-refractivity contribution in [2.24, 2.45) is 0 Å². The van der Waals surface area contributed by atoms with Crippen molar-refractivity contribution in [3.8, 4) is 6.07 Å². The molecule has 0 saturated heterocycles. The second-order valence-corrected chi connectivity index (χ2v) is 4.37. The number of hydrogen-bond acceptors (Lipinski definition) is 4. The van der Waals surface area contributed by atoms with Gasteiger partial charge in [-0.15, -0.1) is 0 Å². The van der Waals surface area contributed by atoms with Crippen molar-refractivity contribution in [1.82, 2.24) is 0 Å². The molecule has 3 N–H and O–H groups in total. The lowest BCUT2D eigenvalue weighted by atomic mass is 10.1. The Labute approximate surface area is 101 Å². The van der Waals surface area contributed by atoms with E-state index in [1.54, 1.807) is 19.2 Å². The molecule has 2 rings (SSSR count). The van der Waals surface area contributed by atoms with E-state index in [1.165, 1.54) is 6.42 Å². The molecule has 1 aliphatic carbocycles. The van der Waals surface area contributed by atoms with Crippen LogP contribution in [-0.2, 0) is 4.74 Å². The zero-order chi connectivity index (χ0) is 12.3. The number of methoxy groups -OCH3 is 1. The zero-order valence-corrected chi connectivity index (χ0v) is 9.94. The van der Waals surface area contributed by atoms with Crippen LogP contribution in [0.3, 0.4) is 0 Å². The summed E-state index contributed by atoms with van der Waals surface area (Å²) >= 11 is 0. The van der Waals surface area contributed by atoms with Crippen LogP contribution in [0, 0.1) is 11.3 Å². The predicted octanol–water partition coefficient (Wildman–Crippen LogP) is 2.12. The molecule has 0 radical (unpaired) electrons. The van der Waals surface area contributed by atoms with Gasteiger partial charge in [-0.1, -0.05) is 0 Å². The first-order chi connectivity index (χ1) is 8.24. The first-order valence-electron chi connectivity index (χ1n) is 5.83. The summed E-state index contributed by atoms with van der Waals surface area (Å²) < 4.78 is 5.42. The molecule has 4 nitrogen and oxygen atoms in total. The molecule has 0 bridgehead atoms. The van der Waals surface area contributed by atoms with E-state index in [0.29, 0.717) is 17.3 Å². The van der Waals surface area contributed by atoms with Crippen LogP contribution in [0.4, 0.5) is 11.4 Å². The zero-order valence-electron chi connectivity index (χ0n) is 9.94. The summed E-state index contributed by atoms with van der Waals surface area (Å²) in [5.41, 5.74) is 7.66. The minimum atomic E-state index is 0.262. The molecule has 2 atom stereocenters. The van der Waals surface area contributed by atoms with Gasteiger partial charge in [0.25, 0.3) is 0 Å². The van der Waals surface area contributed by atoms with Gasteiger partial charge in [-0.2, -0.15) is 5.26 Å². The summed E-state index contributed by atoms with van der Waals surface area (Å²) in [6.07, 6.45) is 3.63. The standard InChI is InChI=1S/C13H17N3O/c1-17-13-4-2-3-12(13)16-10-5-6-11(15)9(7-10)8-14/h5-7,12-13,16H,2-4,15H2,1H3. The number of nitrogens with zero attached hydrogens (tertiary/aromatic N) is 1. The molecule has 17 heavy (non-hydrogen) atoms. The van der Waals surface area contributed by atoms with E-state index < -0.39 is 0 Å². The SMILES string of the molecule is COC1CCCC1Nc1ccc(N)c(C#N)c1. The third-order valence-electron chi connectivity index (χ3n) is 3.28. The summed E-state index contributed by atoms with van der Waals surface area (Å²) in [6, 6.07) is 7.88. The van der Waals surface area contributed by atoms with Crippen LogP contribution in [0.2, 0.25) is 0 Å². The molecule has 90 valence electrons. The highest BCUT2D eigenvalue weighted by atomic mass is 16.5. The molecule has 0 amide bonds. The Morgan fingerprint density at radius 3 is 3.00 bits per heavy atom. The maximum absolute atomic E-state index is 8.92. The second kappa shape index (κ2) is 5.07. The number of benzene rings is 1. The van der Waals surface area contributed by atoms with Crippen LogP contribution in [0.25, 0.3) is 0 Å². The van der Waals surface area contributed by atoms with Gasteiger partial charge in [0.15, 0.2) is 0 Å². The number of anilines is 2. The molecular formula is C13H17N3O. The molecule has 0 heterocycles. The van der Waals surface area contributed by atoms with E-state index in [0.717, 1.165) is 18.5 Å². The highest BCUT2D eigenvalue weighted by Gasteiger charge is 2.26. The molecular weight excluding hydrogens is 214 g/mol. The van der Waals surface area contributed by atoms with E-state index in [2.05, 4.69) is 11.4 Å². The van der Waals surface area contributed by atoms with Crippen molar-refractivity contribution in [3.05, 3.63) is 23.8 Å². The van der Waals surface area contributed by atoms with E-state index in [1.807, 2.05) is 6.07 Å². The van der Waals surface area contributed by atoms with Crippen LogP contribution in [0.1, 0.15) is 24.8 Å². The van der Waals surface area contributed by atoms with Crippen LogP contribution >= 0.6 is 0 Å². The van der Waals surface area contributed by atoms with Crippen LogP contribution in [0.5, 0.6) is 0 Å². The van der Waals surface area contributed by atoms with E-state index in [9.17, 15) is 0 Å². The van der Waals surface area contributed by atoms with E-state index >= 15 is 0 Å². The van der Waals surface area contributed by atoms with Gasteiger partial charge in [-0.25, -0.2) is 0 Å². The van der Waals surface area contributed by atoms with Crippen molar-refractivity contribution in [3.63, 3.8) is 0 Å². The first-order valence-corrected chi connectivity index (χ1v) is 5.83. The lowest BCUT2D eigenvalue weighted by Crippen LogP contribution is -2.29. The van der Waals surface area contributed by atoms with Gasteiger partial charge < -0.3 is 15.8 Å². The molecule has 0 spiro atoms. The summed E-state index contributed by atoms with van der Waals surface area (Å²) in [7, 11) is 1.74. The maximum atomic E-state index is 8.92. The number of hydrogen-bond donors (Lipinski definition) is 2. The van der Waals surface area contributed by atoms with E-state index in [4.69, 9.17) is 15.7 Å². The third-order valence-corrected chi connectivity index (χ3v) is 3.28. The van der Waals surface area contributed by atoms with Crippen LogP contribution in [0.15, 0.2) is 18.2 Å². The molecule has 1 aromatic rings. The van der Waals surface area contributed by atoms with Crippen molar-refractivity contribution >= 4 is 11.4 Å². The molecule has 1 aromatic carbocycles. The highest BCUT2D eigenvalue weighted by molar-refractivity contribution is 5.62. The van der Waals surface area contributed by atoms with E-state index in [-0.39, 0.29) is 6.10 Å². The molecule has 0 aromatic heterocycles. The molecule has 1 saturated carbocycles. The fourth-order valence-corrected chi connectivity index (χ4v) is 2.33. The van der Waals surface area contributed by atoms with Crippen molar-refractivity contribution < 1.29 is 4.74 Å². The van der Waals surface area contributed by atoms with Crippen molar-refractivity contribution in [2.45, 2.75) is 31.4 Å². The maximum Gasteiger partial charge on any atom is 0.101 e. The number of ether oxygens (including phenoxy) is 1. The highest BCUT2D eigenvalue weighted by Crippen LogP contribution is 2.26. The molecule has 4 heteroatoms. The summed E-state index contributed by atoms with van der Waals surface area (Å²) in [4.78, 5) is 0. The normalized spacial score (nSPS) is 23.3. The Balaban J connectivity index is 2.11. The molecule has 1 aliphatic rings. The smallest absolute Gasteiger partial charge is 0.101 e. The number of rotatable bonds is 3. The van der Waals surface area contributed by atoms with Gasteiger partial charge in [-0.3, -0.25) is 0 Å². The molecule has 0 aliphatic heterocycles. The lowest BCUT2D eigenvalue weighted by Gasteiger charge is -2.21. The molecule has 1 fully saturated rings. The Morgan fingerprint density at radius 2 is 2.29 bits per heavy atom. The number of nitriles is 1. The van der Waals surface area contributed by atoms with Gasteiger partial charge in [0.2, 0.25) is 0 Å². The largest absolute Gasteiger partial charge is 0.398 e. The Morgan fingerprint density at radius 1 is 1.47 bits per heavy atom. The van der Waals surface area contributed by atoms with Gasteiger partial charge in [0.1, 0.15) is 6.07 Å². The third kappa shape index (κ3) is 2.51. The average Bonchev–Trinajstić information content (AvgIpc) is 2.79. The number of nitrogens with two attached hydrogens (primary N) is 1. The minimum absolute atomic E-state index is 0.262. The minimum Gasteiger partial charge on any atom is -0.398 e. The lowest BCUT2D eigenvalue weighted by molar-refractivity contribution is 0.101. The fraction of sp³-hybridized carbons (Fsp3) is 0.462. The Hall–Kier alpha value is -1.73. The predicted molar refractivity (Wildman–Crippen MR) is 67.6 cm³/mol. The van der Waals surface area contributed by atoms with Crippen LogP contribution < -0.4 is 11.1 Å². The Bertz CT molecular complexity index is 439. The van der Waals surface area contributed by atoms with Crippen LogP contribution in [-0.4, -0.2) is 19.3 Å².